The van der Waals surface area contributed by atoms with Crippen LogP contribution in [-0.2, 0) is 4.79 Å². The largest absolute Gasteiger partial charge is 0.305 e. The Labute approximate surface area is 130 Å². The van der Waals surface area contributed by atoms with Crippen LogP contribution in [-0.4, -0.2) is 30.8 Å². The molecule has 0 amide bonds. The fraction of sp³-hybridized carbons (Fsp3) is 0.947. The lowest BCUT2D eigenvalue weighted by Gasteiger charge is -2.34. The number of hydrogen-bond donors (Lipinski definition) is 0. The summed E-state index contributed by atoms with van der Waals surface area (Å²) in [6.07, 6.45) is 9.01. The van der Waals surface area contributed by atoms with Gasteiger partial charge in [0, 0.05) is 25.4 Å². The first kappa shape index (κ1) is 15.5. The Morgan fingerprint density at radius 3 is 2.52 bits per heavy atom. The lowest BCUT2D eigenvalue weighted by atomic mass is 9.75. The molecule has 2 nitrogen and oxygen atoms in total. The van der Waals surface area contributed by atoms with Crippen molar-refractivity contribution in [3.63, 3.8) is 0 Å². The molecule has 2 heteroatoms. The Morgan fingerprint density at radius 1 is 1.10 bits per heavy atom. The number of Topliss-reactive ketones (excluding diaryl/α,β-unsaturated/α-hetero) is 1. The van der Waals surface area contributed by atoms with Gasteiger partial charge in [-0.25, -0.2) is 0 Å². The number of fused-ring (bicyclic) bond motifs is 2. The van der Waals surface area contributed by atoms with Crippen molar-refractivity contribution < 1.29 is 4.79 Å². The maximum atomic E-state index is 12.2. The van der Waals surface area contributed by atoms with Crippen LogP contribution in [0.3, 0.4) is 0 Å². The van der Waals surface area contributed by atoms with Crippen molar-refractivity contribution in [3.8, 4) is 0 Å². The fourth-order valence-corrected chi connectivity index (χ4v) is 5.38. The van der Waals surface area contributed by atoms with Crippen molar-refractivity contribution in [1.82, 2.24) is 4.90 Å². The molecule has 0 aliphatic heterocycles. The van der Waals surface area contributed by atoms with Gasteiger partial charge in [-0.05, 0) is 68.7 Å². The second-order valence-corrected chi connectivity index (χ2v) is 8.60. The Kier molecular flexibility index (Phi) is 4.73. The second kappa shape index (κ2) is 6.40. The Morgan fingerprint density at radius 2 is 1.90 bits per heavy atom. The molecule has 3 aliphatic carbocycles. The maximum absolute atomic E-state index is 12.2. The number of rotatable bonds is 5. The zero-order valence-corrected chi connectivity index (χ0v) is 14.2. The van der Waals surface area contributed by atoms with E-state index in [-0.39, 0.29) is 0 Å². The molecule has 3 saturated carbocycles. The van der Waals surface area contributed by atoms with Crippen molar-refractivity contribution >= 4 is 5.78 Å². The van der Waals surface area contributed by atoms with Crippen LogP contribution in [0.25, 0.3) is 0 Å². The molecule has 0 heterocycles. The van der Waals surface area contributed by atoms with Gasteiger partial charge < -0.3 is 4.90 Å². The monoisotopic (exact) mass is 291 g/mol. The topological polar surface area (TPSA) is 20.3 Å². The summed E-state index contributed by atoms with van der Waals surface area (Å²) in [5, 5.41) is 0. The second-order valence-electron chi connectivity index (χ2n) is 8.60. The number of ketones is 1. The first-order valence-electron chi connectivity index (χ1n) is 9.24. The van der Waals surface area contributed by atoms with Gasteiger partial charge in [0.25, 0.3) is 0 Å². The number of carbonyl (C=O) groups is 1. The molecule has 120 valence electrons. The quantitative estimate of drug-likeness (QED) is 0.763. The minimum Gasteiger partial charge on any atom is -0.305 e. The summed E-state index contributed by atoms with van der Waals surface area (Å²) >= 11 is 0. The predicted molar refractivity (Wildman–Crippen MR) is 87.1 cm³/mol. The lowest BCUT2D eigenvalue weighted by Crippen LogP contribution is -2.38. The van der Waals surface area contributed by atoms with Gasteiger partial charge in [0.05, 0.1) is 0 Å². The fourth-order valence-electron chi connectivity index (χ4n) is 5.38. The molecule has 0 N–H and O–H groups in total. The van der Waals surface area contributed by atoms with E-state index in [2.05, 4.69) is 25.8 Å². The summed E-state index contributed by atoms with van der Waals surface area (Å²) in [7, 11) is 2.25. The molecule has 0 aromatic heterocycles. The highest BCUT2D eigenvalue weighted by molar-refractivity contribution is 5.82. The van der Waals surface area contributed by atoms with Crippen LogP contribution in [0.2, 0.25) is 0 Å². The zero-order chi connectivity index (χ0) is 15.0. The van der Waals surface area contributed by atoms with Gasteiger partial charge in [-0.3, -0.25) is 4.79 Å². The van der Waals surface area contributed by atoms with Crippen LogP contribution < -0.4 is 0 Å². The summed E-state index contributed by atoms with van der Waals surface area (Å²) in [6.45, 7) is 6.88. The summed E-state index contributed by atoms with van der Waals surface area (Å²) in [4.78, 5) is 14.7. The average Bonchev–Trinajstić information content (AvgIpc) is 3.03. The molecule has 3 aliphatic rings. The average molecular weight is 291 g/mol. The summed E-state index contributed by atoms with van der Waals surface area (Å²) in [5.41, 5.74) is 0. The van der Waals surface area contributed by atoms with Gasteiger partial charge in [-0.15, -0.1) is 0 Å². The minimum atomic E-state index is 0.315. The molecule has 5 atom stereocenters. The van der Waals surface area contributed by atoms with E-state index < -0.39 is 0 Å². The number of hydrogen-bond acceptors (Lipinski definition) is 2. The normalized spacial score (nSPS) is 39.7. The van der Waals surface area contributed by atoms with Crippen molar-refractivity contribution in [3.05, 3.63) is 0 Å². The highest BCUT2D eigenvalue weighted by Crippen LogP contribution is 2.48. The van der Waals surface area contributed by atoms with Crippen LogP contribution >= 0.6 is 0 Å². The minimum absolute atomic E-state index is 0.315. The van der Waals surface area contributed by atoms with E-state index in [1.165, 1.54) is 32.2 Å². The highest BCUT2D eigenvalue weighted by Gasteiger charge is 2.40. The maximum Gasteiger partial charge on any atom is 0.137 e. The highest BCUT2D eigenvalue weighted by atomic mass is 16.1. The molecule has 0 aromatic rings. The standard InChI is InChI=1S/C19H33NO/c1-13(2)15-6-7-19(21)18(10-15)12-20(3)11-17-9-14-4-5-16(17)8-14/h13-18H,4-12H2,1-3H3. The van der Waals surface area contributed by atoms with Crippen molar-refractivity contribution in [2.24, 2.45) is 35.5 Å². The Balaban J connectivity index is 1.49. The summed E-state index contributed by atoms with van der Waals surface area (Å²) in [5.74, 6) is 5.31. The van der Waals surface area contributed by atoms with Crippen LogP contribution in [0, 0.1) is 35.5 Å². The van der Waals surface area contributed by atoms with Crippen LogP contribution in [0.1, 0.15) is 58.8 Å². The van der Waals surface area contributed by atoms with Crippen molar-refractivity contribution in [2.45, 2.75) is 58.8 Å². The molecular formula is C19H33NO. The molecule has 2 bridgehead atoms. The smallest absolute Gasteiger partial charge is 0.137 e. The van der Waals surface area contributed by atoms with E-state index in [9.17, 15) is 4.79 Å². The van der Waals surface area contributed by atoms with Crippen molar-refractivity contribution in [1.29, 1.82) is 0 Å². The van der Waals surface area contributed by atoms with Gasteiger partial charge in [-0.1, -0.05) is 20.3 Å². The molecule has 0 aromatic carbocycles. The summed E-state index contributed by atoms with van der Waals surface area (Å²) in [6, 6.07) is 0. The van der Waals surface area contributed by atoms with E-state index in [1.54, 1.807) is 0 Å². The van der Waals surface area contributed by atoms with E-state index in [1.807, 2.05) is 0 Å². The van der Waals surface area contributed by atoms with E-state index in [0.717, 1.165) is 55.4 Å². The summed E-state index contributed by atoms with van der Waals surface area (Å²) < 4.78 is 0. The SMILES string of the molecule is CC(C)C1CCC(=O)C(CN(C)CC2CC3CCC2C3)C1. The van der Waals surface area contributed by atoms with Crippen LogP contribution in [0.5, 0.6) is 0 Å². The van der Waals surface area contributed by atoms with Gasteiger partial charge in [0.1, 0.15) is 5.78 Å². The van der Waals surface area contributed by atoms with E-state index >= 15 is 0 Å². The molecule has 3 fully saturated rings. The predicted octanol–water partition coefficient (Wildman–Crippen LogP) is 4.00. The molecule has 0 radical (unpaired) electrons. The van der Waals surface area contributed by atoms with Gasteiger partial charge in [-0.2, -0.15) is 0 Å². The van der Waals surface area contributed by atoms with Crippen LogP contribution in [0.4, 0.5) is 0 Å². The van der Waals surface area contributed by atoms with Gasteiger partial charge in [0.15, 0.2) is 0 Å². The first-order valence-corrected chi connectivity index (χ1v) is 9.24. The third kappa shape index (κ3) is 3.52. The van der Waals surface area contributed by atoms with E-state index in [4.69, 9.17) is 0 Å². The zero-order valence-electron chi connectivity index (χ0n) is 14.2. The molecule has 0 spiro atoms. The van der Waals surface area contributed by atoms with Crippen LogP contribution in [0.15, 0.2) is 0 Å². The molecule has 0 saturated heterocycles. The molecule has 21 heavy (non-hydrogen) atoms. The molecule has 5 unspecified atom stereocenters. The lowest BCUT2D eigenvalue weighted by molar-refractivity contribution is -0.126. The third-order valence-corrected chi connectivity index (χ3v) is 6.71. The molecular weight excluding hydrogens is 258 g/mol. The van der Waals surface area contributed by atoms with E-state index in [0.29, 0.717) is 11.7 Å². The van der Waals surface area contributed by atoms with Crippen molar-refractivity contribution in [2.75, 3.05) is 20.1 Å². The number of nitrogens with zero attached hydrogens (tertiary/aromatic N) is 1. The first-order chi connectivity index (χ1) is 10.0. The Hall–Kier alpha value is -0.370. The third-order valence-electron chi connectivity index (χ3n) is 6.71. The Bertz CT molecular complexity index is 378. The van der Waals surface area contributed by atoms with Gasteiger partial charge >= 0.3 is 0 Å². The number of carbonyl (C=O) groups excluding carboxylic acids is 1. The van der Waals surface area contributed by atoms with Gasteiger partial charge in [0.2, 0.25) is 0 Å². The molecule has 3 rings (SSSR count).